The Morgan fingerprint density at radius 3 is 2.13 bits per heavy atom. The van der Waals surface area contributed by atoms with E-state index in [4.69, 9.17) is 4.74 Å². The highest BCUT2D eigenvalue weighted by Gasteiger charge is 2.39. The van der Waals surface area contributed by atoms with Gasteiger partial charge in [-0.3, -0.25) is 24.6 Å². The van der Waals surface area contributed by atoms with Crippen molar-refractivity contribution in [3.05, 3.63) is 118 Å². The lowest BCUT2D eigenvalue weighted by Gasteiger charge is -2.40. The van der Waals surface area contributed by atoms with E-state index in [1.54, 1.807) is 29.2 Å². The fourth-order valence-electron chi connectivity index (χ4n) is 9.34. The highest BCUT2D eigenvalue weighted by molar-refractivity contribution is 6.05. The summed E-state index contributed by atoms with van der Waals surface area (Å²) in [7, 11) is 0. The molecule has 0 bridgehead atoms. The second-order valence-electron chi connectivity index (χ2n) is 15.7. The number of aromatic hydroxyl groups is 2. The molecule has 3 saturated heterocycles. The van der Waals surface area contributed by atoms with Gasteiger partial charge in [0.25, 0.3) is 5.91 Å². The summed E-state index contributed by atoms with van der Waals surface area (Å²) in [6, 6.07) is 27.2. The normalized spacial score (nSPS) is 23.5. The first-order valence-electron chi connectivity index (χ1n) is 19.6. The molecule has 55 heavy (non-hydrogen) atoms. The first-order chi connectivity index (χ1) is 26.8. The van der Waals surface area contributed by atoms with Gasteiger partial charge in [0.15, 0.2) is 0 Å². The zero-order valence-corrected chi connectivity index (χ0v) is 30.9. The zero-order chi connectivity index (χ0) is 37.6. The molecule has 5 aliphatic rings. The number of phenolic OH excluding ortho intramolecular Hbond substituents is 2. The van der Waals surface area contributed by atoms with Crippen molar-refractivity contribution in [2.24, 2.45) is 5.92 Å². The van der Waals surface area contributed by atoms with Gasteiger partial charge in [0, 0.05) is 81.6 Å². The SMILES string of the molecule is O=C1CC[C@H](N2Cc3cc(N4CCN(CC5CCN(c6ccc([C@H]7c8ccc(O)cc8CO[C@H]7c7ccc(O)cc7)cc6)CC5)CC4)ccc3C2=O)C(=O)N1. The van der Waals surface area contributed by atoms with Gasteiger partial charge in [-0.15, -0.1) is 0 Å². The van der Waals surface area contributed by atoms with Gasteiger partial charge in [-0.1, -0.05) is 30.3 Å². The summed E-state index contributed by atoms with van der Waals surface area (Å²) in [5.41, 5.74) is 8.26. The molecule has 0 saturated carbocycles. The van der Waals surface area contributed by atoms with Crippen LogP contribution >= 0.6 is 0 Å². The Labute approximate surface area is 321 Å². The number of amides is 3. The van der Waals surface area contributed by atoms with E-state index in [0.717, 1.165) is 92.2 Å². The Morgan fingerprint density at radius 1 is 0.691 bits per heavy atom. The van der Waals surface area contributed by atoms with Crippen LogP contribution in [0.25, 0.3) is 0 Å². The third-order valence-electron chi connectivity index (χ3n) is 12.4. The van der Waals surface area contributed by atoms with Crippen molar-refractivity contribution in [2.75, 3.05) is 55.6 Å². The number of nitrogens with one attached hydrogen (secondary N) is 1. The summed E-state index contributed by atoms with van der Waals surface area (Å²) >= 11 is 0. The van der Waals surface area contributed by atoms with Gasteiger partial charge >= 0.3 is 0 Å². The van der Waals surface area contributed by atoms with Crippen molar-refractivity contribution >= 4 is 29.1 Å². The number of hydrogen-bond acceptors (Lipinski definition) is 9. The van der Waals surface area contributed by atoms with Crippen LogP contribution in [0.5, 0.6) is 11.5 Å². The van der Waals surface area contributed by atoms with E-state index in [2.05, 4.69) is 50.3 Å². The molecule has 0 spiro atoms. The fourth-order valence-corrected chi connectivity index (χ4v) is 9.34. The molecule has 0 unspecified atom stereocenters. The highest BCUT2D eigenvalue weighted by Crippen LogP contribution is 2.46. The molecule has 3 N–H and O–H groups in total. The van der Waals surface area contributed by atoms with Crippen molar-refractivity contribution < 1.29 is 29.3 Å². The third-order valence-corrected chi connectivity index (χ3v) is 12.4. The van der Waals surface area contributed by atoms with E-state index >= 15 is 0 Å². The van der Waals surface area contributed by atoms with Crippen LogP contribution in [-0.2, 0) is 27.5 Å². The van der Waals surface area contributed by atoms with Crippen molar-refractivity contribution in [3.63, 3.8) is 0 Å². The minimum Gasteiger partial charge on any atom is -0.508 e. The molecule has 284 valence electrons. The van der Waals surface area contributed by atoms with Crippen molar-refractivity contribution in [2.45, 2.75) is 56.9 Å². The largest absolute Gasteiger partial charge is 0.508 e. The number of piperidine rings is 2. The first-order valence-corrected chi connectivity index (χ1v) is 19.6. The summed E-state index contributed by atoms with van der Waals surface area (Å²) < 4.78 is 6.41. The highest BCUT2D eigenvalue weighted by atomic mass is 16.5. The molecule has 11 nitrogen and oxygen atoms in total. The molecule has 0 radical (unpaired) electrons. The van der Waals surface area contributed by atoms with Gasteiger partial charge in [-0.2, -0.15) is 0 Å². The number of piperazine rings is 1. The van der Waals surface area contributed by atoms with Crippen LogP contribution < -0.4 is 15.1 Å². The number of imide groups is 1. The standard InChI is InChI=1S/C44H47N5O6/c50-35-8-3-30(4-9-35)42-41(37-12-10-36(51)24-32(37)27-55-42)29-1-5-33(6-2-29)47-17-15-28(16-18-47)25-46-19-21-48(22-20-46)34-7-11-38-31(23-34)26-49(44(38)54)39-13-14-40(52)45-43(39)53/h1-12,23-24,28,39,41-42,50-51H,13-22,25-27H2,(H,45,52,53)/t39-,41-,42-/m0/s1. The number of phenols is 2. The second-order valence-corrected chi connectivity index (χ2v) is 15.7. The minimum absolute atomic E-state index is 0.0450. The molecule has 3 atom stereocenters. The minimum atomic E-state index is -0.596. The van der Waals surface area contributed by atoms with Crippen LogP contribution in [0.4, 0.5) is 11.4 Å². The maximum absolute atomic E-state index is 13.1. The van der Waals surface area contributed by atoms with Crippen LogP contribution in [0, 0.1) is 5.92 Å². The van der Waals surface area contributed by atoms with Crippen LogP contribution in [0.2, 0.25) is 0 Å². The average molecular weight is 742 g/mol. The lowest BCUT2D eigenvalue weighted by Crippen LogP contribution is -2.52. The van der Waals surface area contributed by atoms with E-state index in [1.807, 2.05) is 30.3 Å². The van der Waals surface area contributed by atoms with Crippen LogP contribution in [-0.4, -0.2) is 89.6 Å². The molecule has 3 amide bonds. The Balaban J connectivity index is 0.783. The monoisotopic (exact) mass is 741 g/mol. The van der Waals surface area contributed by atoms with E-state index in [1.165, 1.54) is 5.69 Å². The number of ether oxygens (including phenoxy) is 1. The molecular formula is C44H47N5O6. The van der Waals surface area contributed by atoms with E-state index in [-0.39, 0.29) is 47.7 Å². The van der Waals surface area contributed by atoms with Crippen molar-refractivity contribution in [1.29, 1.82) is 0 Å². The molecule has 3 fully saturated rings. The van der Waals surface area contributed by atoms with Crippen molar-refractivity contribution in [1.82, 2.24) is 15.1 Å². The Morgan fingerprint density at radius 2 is 1.38 bits per heavy atom. The molecule has 0 aliphatic carbocycles. The number of hydrogen-bond donors (Lipinski definition) is 3. The number of nitrogens with zero attached hydrogens (tertiary/aromatic N) is 4. The van der Waals surface area contributed by atoms with Gasteiger partial charge in [0.1, 0.15) is 17.5 Å². The summed E-state index contributed by atoms with van der Waals surface area (Å²) in [4.78, 5) is 46.3. The summed E-state index contributed by atoms with van der Waals surface area (Å²) in [5, 5.41) is 22.5. The topological polar surface area (TPSA) is 126 Å². The smallest absolute Gasteiger partial charge is 0.255 e. The van der Waals surface area contributed by atoms with Crippen LogP contribution in [0.1, 0.15) is 75.9 Å². The molecule has 9 rings (SSSR count). The summed E-state index contributed by atoms with van der Waals surface area (Å²) in [6.07, 6.45) is 2.72. The predicted octanol–water partition coefficient (Wildman–Crippen LogP) is 5.30. The second kappa shape index (κ2) is 14.7. The summed E-state index contributed by atoms with van der Waals surface area (Å²) in [5.74, 6) is 0.294. The first kappa shape index (κ1) is 35.3. The van der Waals surface area contributed by atoms with Crippen LogP contribution in [0.15, 0.2) is 84.9 Å². The molecule has 5 heterocycles. The molecule has 0 aromatic heterocycles. The van der Waals surface area contributed by atoms with Crippen molar-refractivity contribution in [3.8, 4) is 11.5 Å². The number of carbonyl (C=O) groups excluding carboxylic acids is 3. The molecule has 4 aromatic rings. The van der Waals surface area contributed by atoms with Crippen LogP contribution in [0.3, 0.4) is 0 Å². The molecule has 4 aromatic carbocycles. The molecule has 11 heteroatoms. The van der Waals surface area contributed by atoms with Gasteiger partial charge in [0.05, 0.1) is 12.7 Å². The maximum Gasteiger partial charge on any atom is 0.255 e. The number of anilines is 2. The zero-order valence-electron chi connectivity index (χ0n) is 30.9. The number of benzene rings is 4. The Hall–Kier alpha value is -5.39. The Bertz CT molecular complexity index is 2090. The number of carbonyl (C=O) groups is 3. The predicted molar refractivity (Wildman–Crippen MR) is 208 cm³/mol. The number of rotatable bonds is 7. The molecular weight excluding hydrogens is 695 g/mol. The van der Waals surface area contributed by atoms with Gasteiger partial charge in [-0.05, 0) is 108 Å². The maximum atomic E-state index is 13.1. The van der Waals surface area contributed by atoms with Gasteiger partial charge in [0.2, 0.25) is 11.8 Å². The quantitative estimate of drug-likeness (QED) is 0.217. The molecule has 5 aliphatic heterocycles. The Kier molecular flexibility index (Phi) is 9.43. The van der Waals surface area contributed by atoms with E-state index < -0.39 is 6.04 Å². The third kappa shape index (κ3) is 7.02. The van der Waals surface area contributed by atoms with Gasteiger partial charge in [-0.25, -0.2) is 0 Å². The van der Waals surface area contributed by atoms with Gasteiger partial charge < -0.3 is 29.6 Å². The van der Waals surface area contributed by atoms with E-state index in [0.29, 0.717) is 31.1 Å². The number of fused-ring (bicyclic) bond motifs is 2. The fraction of sp³-hybridized carbons (Fsp3) is 0.386. The summed E-state index contributed by atoms with van der Waals surface area (Å²) in [6.45, 7) is 7.83. The lowest BCUT2D eigenvalue weighted by molar-refractivity contribution is -0.136. The average Bonchev–Trinajstić information content (AvgIpc) is 3.53. The van der Waals surface area contributed by atoms with E-state index in [9.17, 15) is 24.6 Å². The lowest BCUT2D eigenvalue weighted by atomic mass is 9.79.